The average Bonchev–Trinajstić information content (AvgIpc) is 2.39. The molecule has 0 fully saturated rings. The van der Waals surface area contributed by atoms with E-state index in [0.29, 0.717) is 11.4 Å². The van der Waals surface area contributed by atoms with Crippen molar-refractivity contribution in [1.29, 1.82) is 0 Å². The highest BCUT2D eigenvalue weighted by atomic mass is 32.1. The van der Waals surface area contributed by atoms with Crippen LogP contribution < -0.4 is 10.5 Å². The van der Waals surface area contributed by atoms with E-state index >= 15 is 0 Å². The van der Waals surface area contributed by atoms with Crippen LogP contribution in [-0.2, 0) is 6.42 Å². The molecule has 1 heterocycles. The molecule has 2 N–H and O–H groups in total. The SMILES string of the molecule is CCc1ccc(Oc2nc(C)cc(C(N)=S)n2)cc1. The van der Waals surface area contributed by atoms with Gasteiger partial charge in [-0.05, 0) is 37.1 Å². The topological polar surface area (TPSA) is 61.0 Å². The highest BCUT2D eigenvalue weighted by Gasteiger charge is 2.06. The monoisotopic (exact) mass is 273 g/mol. The molecule has 1 aromatic heterocycles. The molecule has 0 unspecified atom stereocenters. The van der Waals surface area contributed by atoms with Crippen molar-refractivity contribution in [2.24, 2.45) is 5.73 Å². The Bertz CT molecular complexity index is 596. The molecule has 0 bridgehead atoms. The van der Waals surface area contributed by atoms with E-state index in [1.54, 1.807) is 6.07 Å². The van der Waals surface area contributed by atoms with Gasteiger partial charge in [0.15, 0.2) is 0 Å². The van der Waals surface area contributed by atoms with E-state index in [9.17, 15) is 0 Å². The summed E-state index contributed by atoms with van der Waals surface area (Å²) in [6.45, 7) is 3.95. The normalized spacial score (nSPS) is 10.2. The molecule has 0 aliphatic heterocycles. The largest absolute Gasteiger partial charge is 0.424 e. The van der Waals surface area contributed by atoms with Crippen molar-refractivity contribution in [3.05, 3.63) is 47.3 Å². The Hall–Kier alpha value is -2.01. The van der Waals surface area contributed by atoms with Crippen molar-refractivity contribution in [3.8, 4) is 11.8 Å². The van der Waals surface area contributed by atoms with Crippen LogP contribution in [-0.4, -0.2) is 15.0 Å². The first-order valence-corrected chi connectivity index (χ1v) is 6.41. The van der Waals surface area contributed by atoms with Crippen molar-refractivity contribution in [2.75, 3.05) is 0 Å². The van der Waals surface area contributed by atoms with Gasteiger partial charge < -0.3 is 10.5 Å². The smallest absolute Gasteiger partial charge is 0.322 e. The summed E-state index contributed by atoms with van der Waals surface area (Å²) in [5.74, 6) is 0.691. The Morgan fingerprint density at radius 2 is 1.95 bits per heavy atom. The lowest BCUT2D eigenvalue weighted by Gasteiger charge is -2.07. The molecule has 0 aliphatic carbocycles. The van der Waals surface area contributed by atoms with Gasteiger partial charge in [-0.1, -0.05) is 31.3 Å². The van der Waals surface area contributed by atoms with Gasteiger partial charge in [0.1, 0.15) is 16.4 Å². The summed E-state index contributed by atoms with van der Waals surface area (Å²) in [5, 5.41) is 0. The zero-order chi connectivity index (χ0) is 13.8. The molecule has 2 aromatic rings. The predicted octanol–water partition coefficient (Wildman–Crippen LogP) is 2.77. The summed E-state index contributed by atoms with van der Waals surface area (Å²) in [6, 6.07) is 9.80. The number of ether oxygens (including phenoxy) is 1. The molecule has 0 spiro atoms. The van der Waals surface area contributed by atoms with Crippen LogP contribution in [0, 0.1) is 6.92 Å². The van der Waals surface area contributed by atoms with E-state index in [1.165, 1.54) is 5.56 Å². The van der Waals surface area contributed by atoms with Gasteiger partial charge in [0.05, 0.1) is 0 Å². The fourth-order valence-corrected chi connectivity index (χ4v) is 1.72. The average molecular weight is 273 g/mol. The molecule has 98 valence electrons. The molecule has 4 nitrogen and oxygen atoms in total. The van der Waals surface area contributed by atoms with Gasteiger partial charge in [-0.25, -0.2) is 4.98 Å². The first-order valence-electron chi connectivity index (χ1n) is 6.00. The van der Waals surface area contributed by atoms with Crippen LogP contribution in [0.4, 0.5) is 0 Å². The molecule has 0 saturated carbocycles. The second-order valence-corrected chi connectivity index (χ2v) is 4.58. The number of aromatic nitrogens is 2. The molecule has 0 amide bonds. The number of thiocarbonyl (C=S) groups is 1. The number of nitrogens with two attached hydrogens (primary N) is 1. The molecule has 19 heavy (non-hydrogen) atoms. The maximum atomic E-state index is 5.61. The minimum absolute atomic E-state index is 0.233. The van der Waals surface area contributed by atoms with Crippen LogP contribution in [0.2, 0.25) is 0 Å². The van der Waals surface area contributed by atoms with Gasteiger partial charge in [-0.3, -0.25) is 0 Å². The first-order chi connectivity index (χ1) is 9.08. The molecule has 0 atom stereocenters. The molecule has 0 saturated heterocycles. The van der Waals surface area contributed by atoms with E-state index in [4.69, 9.17) is 22.7 Å². The quantitative estimate of drug-likeness (QED) is 0.868. The van der Waals surface area contributed by atoms with E-state index in [0.717, 1.165) is 12.1 Å². The summed E-state index contributed by atoms with van der Waals surface area (Å²) in [5.41, 5.74) is 8.10. The van der Waals surface area contributed by atoms with Crippen molar-refractivity contribution in [3.63, 3.8) is 0 Å². The van der Waals surface area contributed by atoms with Gasteiger partial charge in [0.25, 0.3) is 0 Å². The summed E-state index contributed by atoms with van der Waals surface area (Å²) in [6.07, 6.45) is 0.993. The first kappa shape index (κ1) is 13.4. The van der Waals surface area contributed by atoms with Crippen LogP contribution in [0.3, 0.4) is 0 Å². The van der Waals surface area contributed by atoms with E-state index < -0.39 is 0 Å². The highest BCUT2D eigenvalue weighted by molar-refractivity contribution is 7.80. The van der Waals surface area contributed by atoms with Gasteiger partial charge in [-0.15, -0.1) is 0 Å². The number of hydrogen-bond acceptors (Lipinski definition) is 4. The second-order valence-electron chi connectivity index (χ2n) is 4.14. The molecule has 0 radical (unpaired) electrons. The molecule has 5 heteroatoms. The van der Waals surface area contributed by atoms with Crippen LogP contribution in [0.15, 0.2) is 30.3 Å². The summed E-state index contributed by atoms with van der Waals surface area (Å²) in [4.78, 5) is 8.61. The maximum Gasteiger partial charge on any atom is 0.322 e. The Kier molecular flexibility index (Phi) is 4.06. The lowest BCUT2D eigenvalue weighted by Crippen LogP contribution is -2.13. The third-order valence-corrected chi connectivity index (χ3v) is 2.84. The minimum atomic E-state index is 0.233. The van der Waals surface area contributed by atoms with E-state index in [-0.39, 0.29) is 11.0 Å². The number of hydrogen-bond donors (Lipinski definition) is 1. The number of benzene rings is 1. The second kappa shape index (κ2) is 5.75. The van der Waals surface area contributed by atoms with Crippen LogP contribution >= 0.6 is 12.2 Å². The molecular weight excluding hydrogens is 258 g/mol. The number of aryl methyl sites for hydroxylation is 2. The third-order valence-electron chi connectivity index (χ3n) is 2.63. The van der Waals surface area contributed by atoms with Crippen molar-refractivity contribution in [2.45, 2.75) is 20.3 Å². The third kappa shape index (κ3) is 3.48. The highest BCUT2D eigenvalue weighted by Crippen LogP contribution is 2.19. The Balaban J connectivity index is 2.24. The number of nitrogens with zero attached hydrogens (tertiary/aromatic N) is 2. The van der Waals surface area contributed by atoms with Crippen LogP contribution in [0.1, 0.15) is 23.9 Å². The lowest BCUT2D eigenvalue weighted by atomic mass is 10.2. The Morgan fingerprint density at radius 3 is 2.53 bits per heavy atom. The Labute approximate surface area is 117 Å². The standard InChI is InChI=1S/C14H15N3OS/c1-3-10-4-6-11(7-5-10)18-14-16-9(2)8-12(17-14)13(15)19/h4-8H,3H2,1-2H3,(H2,15,19). The van der Waals surface area contributed by atoms with Gasteiger partial charge in [0, 0.05) is 5.69 Å². The fourth-order valence-electron chi connectivity index (χ4n) is 1.61. The van der Waals surface area contributed by atoms with Gasteiger partial charge in [0.2, 0.25) is 0 Å². The van der Waals surface area contributed by atoms with Crippen molar-refractivity contribution in [1.82, 2.24) is 9.97 Å². The lowest BCUT2D eigenvalue weighted by molar-refractivity contribution is 0.440. The molecule has 2 rings (SSSR count). The zero-order valence-electron chi connectivity index (χ0n) is 10.9. The number of rotatable bonds is 4. The van der Waals surface area contributed by atoms with Crippen molar-refractivity contribution >= 4 is 17.2 Å². The molecule has 1 aromatic carbocycles. The van der Waals surface area contributed by atoms with E-state index in [1.807, 2.05) is 31.2 Å². The van der Waals surface area contributed by atoms with Crippen LogP contribution in [0.5, 0.6) is 11.8 Å². The summed E-state index contributed by atoms with van der Waals surface area (Å²) >= 11 is 4.91. The maximum absolute atomic E-state index is 5.61. The summed E-state index contributed by atoms with van der Waals surface area (Å²) in [7, 11) is 0. The minimum Gasteiger partial charge on any atom is -0.424 e. The van der Waals surface area contributed by atoms with E-state index in [2.05, 4.69) is 16.9 Å². The Morgan fingerprint density at radius 1 is 1.26 bits per heavy atom. The van der Waals surface area contributed by atoms with Crippen molar-refractivity contribution < 1.29 is 4.74 Å². The zero-order valence-corrected chi connectivity index (χ0v) is 11.7. The van der Waals surface area contributed by atoms with Crippen LogP contribution in [0.25, 0.3) is 0 Å². The predicted molar refractivity (Wildman–Crippen MR) is 78.6 cm³/mol. The molecule has 0 aliphatic rings. The summed E-state index contributed by atoms with van der Waals surface area (Å²) < 4.78 is 5.61. The molecular formula is C14H15N3OS. The van der Waals surface area contributed by atoms with Gasteiger partial charge in [-0.2, -0.15) is 4.98 Å². The fraction of sp³-hybridized carbons (Fsp3) is 0.214. The van der Waals surface area contributed by atoms with Gasteiger partial charge >= 0.3 is 6.01 Å².